The van der Waals surface area contributed by atoms with Gasteiger partial charge in [0.05, 0.1) is 14.2 Å². The second-order valence-corrected chi connectivity index (χ2v) is 4.23. The van der Waals surface area contributed by atoms with Gasteiger partial charge >= 0.3 is 0 Å². The van der Waals surface area contributed by atoms with Crippen molar-refractivity contribution >= 4 is 17.3 Å². The minimum atomic E-state index is 0.673. The number of hydrogen-bond donors (Lipinski definition) is 1. The van der Waals surface area contributed by atoms with E-state index in [1.54, 1.807) is 14.2 Å². The van der Waals surface area contributed by atoms with E-state index in [0.29, 0.717) is 6.54 Å². The van der Waals surface area contributed by atoms with Crippen molar-refractivity contribution in [1.82, 2.24) is 10.2 Å². The molecule has 1 aromatic rings. The number of para-hydroxylation sites is 1. The number of methoxy groups -OCH3 is 2. The molecule has 4 nitrogen and oxygen atoms in total. The molecule has 0 aliphatic heterocycles. The van der Waals surface area contributed by atoms with Crippen molar-refractivity contribution in [1.29, 1.82) is 0 Å². The Morgan fingerprint density at radius 3 is 2.61 bits per heavy atom. The number of rotatable bonds is 5. The minimum absolute atomic E-state index is 0.673. The fourth-order valence-electron chi connectivity index (χ4n) is 1.69. The highest BCUT2D eigenvalue weighted by molar-refractivity contribution is 7.80. The third kappa shape index (κ3) is 3.50. The molecular weight excluding hydrogens is 248 g/mol. The predicted molar refractivity (Wildman–Crippen MR) is 77.3 cm³/mol. The van der Waals surface area contributed by atoms with Crippen LogP contribution in [0.3, 0.4) is 0 Å². The van der Waals surface area contributed by atoms with Crippen LogP contribution in [0, 0.1) is 0 Å². The highest BCUT2D eigenvalue weighted by Gasteiger charge is 2.12. The van der Waals surface area contributed by atoms with Gasteiger partial charge in [-0.25, -0.2) is 0 Å². The standard InChI is InChI=1S/C13H20N2O2S/c1-5-14-13(18)15(2)9-10-7-6-8-11(16-3)12(10)17-4/h6-8H,5,9H2,1-4H3,(H,14,18). The van der Waals surface area contributed by atoms with Gasteiger partial charge in [0.2, 0.25) is 0 Å². The van der Waals surface area contributed by atoms with Crippen LogP contribution in [0.4, 0.5) is 0 Å². The van der Waals surface area contributed by atoms with Gasteiger partial charge in [0.1, 0.15) is 0 Å². The van der Waals surface area contributed by atoms with Crippen LogP contribution in [0.25, 0.3) is 0 Å². The van der Waals surface area contributed by atoms with E-state index in [0.717, 1.165) is 28.7 Å². The van der Waals surface area contributed by atoms with E-state index in [1.165, 1.54) is 0 Å². The first-order valence-corrected chi connectivity index (χ1v) is 6.23. The summed E-state index contributed by atoms with van der Waals surface area (Å²) in [6.45, 7) is 3.51. The first kappa shape index (κ1) is 14.6. The van der Waals surface area contributed by atoms with Crippen LogP contribution >= 0.6 is 12.2 Å². The quantitative estimate of drug-likeness (QED) is 0.826. The maximum Gasteiger partial charge on any atom is 0.168 e. The summed E-state index contributed by atoms with van der Waals surface area (Å²) in [7, 11) is 5.22. The predicted octanol–water partition coefficient (Wildman–Crippen LogP) is 2.03. The molecule has 0 aromatic heterocycles. The number of benzene rings is 1. The van der Waals surface area contributed by atoms with E-state index in [9.17, 15) is 0 Å². The Morgan fingerprint density at radius 2 is 2.06 bits per heavy atom. The largest absolute Gasteiger partial charge is 0.493 e. The van der Waals surface area contributed by atoms with Gasteiger partial charge in [0.25, 0.3) is 0 Å². The number of thiocarbonyl (C=S) groups is 1. The van der Waals surface area contributed by atoms with Crippen molar-refractivity contribution in [2.45, 2.75) is 13.5 Å². The van der Waals surface area contributed by atoms with Gasteiger partial charge in [-0.3, -0.25) is 0 Å². The van der Waals surface area contributed by atoms with Crippen LogP contribution < -0.4 is 14.8 Å². The molecule has 0 atom stereocenters. The van der Waals surface area contributed by atoms with E-state index in [-0.39, 0.29) is 0 Å². The van der Waals surface area contributed by atoms with Crippen molar-refractivity contribution < 1.29 is 9.47 Å². The van der Waals surface area contributed by atoms with Crippen molar-refractivity contribution in [2.24, 2.45) is 0 Å². The number of ether oxygens (including phenoxy) is 2. The van der Waals surface area contributed by atoms with Crippen LogP contribution in [0.1, 0.15) is 12.5 Å². The molecule has 1 aromatic carbocycles. The maximum atomic E-state index is 5.39. The number of nitrogens with zero attached hydrogens (tertiary/aromatic N) is 1. The van der Waals surface area contributed by atoms with Crippen molar-refractivity contribution in [2.75, 3.05) is 27.8 Å². The molecule has 0 saturated carbocycles. The lowest BCUT2D eigenvalue weighted by Crippen LogP contribution is -2.36. The number of nitrogens with one attached hydrogen (secondary N) is 1. The van der Waals surface area contributed by atoms with Gasteiger partial charge in [0, 0.05) is 25.7 Å². The van der Waals surface area contributed by atoms with Gasteiger partial charge in [0.15, 0.2) is 16.6 Å². The van der Waals surface area contributed by atoms with Gasteiger partial charge in [-0.15, -0.1) is 0 Å². The molecule has 0 heterocycles. The third-order valence-corrected chi connectivity index (χ3v) is 3.02. The molecule has 0 aliphatic rings. The van der Waals surface area contributed by atoms with Crippen molar-refractivity contribution in [3.05, 3.63) is 23.8 Å². The molecule has 0 aliphatic carbocycles. The fraction of sp³-hybridized carbons (Fsp3) is 0.462. The fourth-order valence-corrected chi connectivity index (χ4v) is 1.90. The van der Waals surface area contributed by atoms with Crippen LogP contribution in [0.2, 0.25) is 0 Å². The molecule has 0 amide bonds. The zero-order valence-corrected chi connectivity index (χ0v) is 12.1. The van der Waals surface area contributed by atoms with Gasteiger partial charge in [-0.2, -0.15) is 0 Å². The minimum Gasteiger partial charge on any atom is -0.493 e. The smallest absolute Gasteiger partial charge is 0.168 e. The molecule has 5 heteroatoms. The highest BCUT2D eigenvalue weighted by Crippen LogP contribution is 2.31. The summed E-state index contributed by atoms with van der Waals surface area (Å²) in [5, 5.41) is 3.84. The van der Waals surface area contributed by atoms with E-state index in [4.69, 9.17) is 21.7 Å². The summed E-state index contributed by atoms with van der Waals surface area (Å²) in [5.41, 5.74) is 1.04. The van der Waals surface area contributed by atoms with E-state index in [2.05, 4.69) is 5.32 Å². The Labute approximate surface area is 114 Å². The zero-order valence-electron chi connectivity index (χ0n) is 11.3. The molecule has 0 fully saturated rings. The molecule has 100 valence electrons. The van der Waals surface area contributed by atoms with Crippen molar-refractivity contribution in [3.8, 4) is 11.5 Å². The lowest BCUT2D eigenvalue weighted by molar-refractivity contribution is 0.346. The summed E-state index contributed by atoms with van der Waals surface area (Å²) in [5.74, 6) is 1.49. The maximum absolute atomic E-state index is 5.39. The molecule has 0 spiro atoms. The normalized spacial score (nSPS) is 9.78. The topological polar surface area (TPSA) is 33.7 Å². The third-order valence-electron chi connectivity index (χ3n) is 2.57. The molecule has 1 N–H and O–H groups in total. The summed E-state index contributed by atoms with van der Waals surface area (Å²) in [6.07, 6.45) is 0. The van der Waals surface area contributed by atoms with Crippen LogP contribution in [-0.2, 0) is 6.54 Å². The molecule has 1 rings (SSSR count). The SMILES string of the molecule is CCNC(=S)N(C)Cc1cccc(OC)c1OC. The summed E-state index contributed by atoms with van der Waals surface area (Å²) in [4.78, 5) is 1.97. The first-order chi connectivity index (χ1) is 8.63. The zero-order chi connectivity index (χ0) is 13.5. The lowest BCUT2D eigenvalue weighted by Gasteiger charge is -2.22. The van der Waals surface area contributed by atoms with Crippen LogP contribution in [0.5, 0.6) is 11.5 Å². The average molecular weight is 268 g/mol. The van der Waals surface area contributed by atoms with Gasteiger partial charge < -0.3 is 19.7 Å². The molecule has 0 radical (unpaired) electrons. The average Bonchev–Trinajstić information content (AvgIpc) is 2.38. The Kier molecular flexibility index (Phi) is 5.71. The second-order valence-electron chi connectivity index (χ2n) is 3.84. The Hall–Kier alpha value is -1.49. The van der Waals surface area contributed by atoms with Crippen LogP contribution in [-0.4, -0.2) is 37.8 Å². The Bertz CT molecular complexity index is 410. The molecule has 0 saturated heterocycles. The molecule has 18 heavy (non-hydrogen) atoms. The van der Waals surface area contributed by atoms with Crippen LogP contribution in [0.15, 0.2) is 18.2 Å². The van der Waals surface area contributed by atoms with Gasteiger partial charge in [-0.1, -0.05) is 12.1 Å². The first-order valence-electron chi connectivity index (χ1n) is 5.82. The lowest BCUT2D eigenvalue weighted by atomic mass is 10.1. The Balaban J connectivity index is 2.87. The summed E-state index contributed by atoms with van der Waals surface area (Å²) >= 11 is 5.26. The monoisotopic (exact) mass is 268 g/mol. The molecular formula is C13H20N2O2S. The number of hydrogen-bond acceptors (Lipinski definition) is 3. The second kappa shape index (κ2) is 7.06. The highest BCUT2D eigenvalue weighted by atomic mass is 32.1. The molecule has 0 bridgehead atoms. The van der Waals surface area contributed by atoms with E-state index in [1.807, 2.05) is 37.1 Å². The van der Waals surface area contributed by atoms with Gasteiger partial charge in [-0.05, 0) is 25.2 Å². The summed E-state index contributed by atoms with van der Waals surface area (Å²) in [6, 6.07) is 5.83. The van der Waals surface area contributed by atoms with E-state index >= 15 is 0 Å². The molecule has 0 unspecified atom stereocenters. The van der Waals surface area contributed by atoms with Crippen molar-refractivity contribution in [3.63, 3.8) is 0 Å². The Morgan fingerprint density at radius 1 is 1.33 bits per heavy atom. The summed E-state index contributed by atoms with van der Waals surface area (Å²) < 4.78 is 10.7. The van der Waals surface area contributed by atoms with E-state index < -0.39 is 0 Å².